The normalized spacial score (nSPS) is 23.6. The van der Waals surface area contributed by atoms with Gasteiger partial charge in [0.05, 0.1) is 13.2 Å². The van der Waals surface area contributed by atoms with Crippen LogP contribution in [0.1, 0.15) is 13.3 Å². The lowest BCUT2D eigenvalue weighted by Gasteiger charge is -2.14. The van der Waals surface area contributed by atoms with Crippen LogP contribution in [-0.2, 0) is 9.47 Å². The fourth-order valence-electron chi connectivity index (χ4n) is 0.802. The van der Waals surface area contributed by atoms with Crippen LogP contribution >= 0.6 is 0 Å². The summed E-state index contributed by atoms with van der Waals surface area (Å²) in [7, 11) is 0. The van der Waals surface area contributed by atoms with Crippen molar-refractivity contribution in [2.24, 2.45) is 0 Å². The van der Waals surface area contributed by atoms with E-state index in [0.717, 1.165) is 0 Å². The van der Waals surface area contributed by atoms with Gasteiger partial charge in [0, 0.05) is 6.42 Å². The molecule has 1 rings (SSSR count). The van der Waals surface area contributed by atoms with E-state index in [2.05, 4.69) is 0 Å². The smallest absolute Gasteiger partial charge is 0.259 e. The van der Waals surface area contributed by atoms with Gasteiger partial charge in [0.2, 0.25) is 0 Å². The summed E-state index contributed by atoms with van der Waals surface area (Å²) in [6.07, 6.45) is 0.601. The molecule has 1 heterocycles. The van der Waals surface area contributed by atoms with Crippen LogP contribution in [0.5, 0.6) is 0 Å². The van der Waals surface area contributed by atoms with E-state index in [-0.39, 0.29) is 0 Å². The van der Waals surface area contributed by atoms with E-state index in [9.17, 15) is 0 Å². The van der Waals surface area contributed by atoms with Crippen molar-refractivity contribution in [3.63, 3.8) is 0 Å². The molecule has 1 saturated heterocycles. The summed E-state index contributed by atoms with van der Waals surface area (Å²) in [6.45, 7) is 2.96. The molecule has 0 unspecified atom stereocenters. The van der Waals surface area contributed by atoms with Gasteiger partial charge in [-0.3, -0.25) is 0 Å². The minimum absolute atomic E-state index is 0.543. The second kappa shape index (κ2) is 2.34. The molecule has 0 amide bonds. The molecule has 1 aliphatic heterocycles. The summed E-state index contributed by atoms with van der Waals surface area (Å²) in [5, 5.41) is 8.52. The molecule has 3 heteroatoms. The molecule has 1 fully saturated rings. The van der Waals surface area contributed by atoms with Crippen molar-refractivity contribution in [1.29, 1.82) is 5.26 Å². The zero-order valence-corrected chi connectivity index (χ0v) is 5.39. The van der Waals surface area contributed by atoms with Crippen molar-refractivity contribution >= 4 is 0 Å². The zero-order chi connectivity index (χ0) is 6.74. The maximum atomic E-state index is 8.52. The molecule has 0 aliphatic carbocycles. The molecule has 1 aliphatic rings. The lowest BCUT2D eigenvalue weighted by atomic mass is 10.2. The number of hydrogen-bond donors (Lipinski definition) is 0. The highest BCUT2D eigenvalue weighted by atomic mass is 16.7. The Morgan fingerprint density at radius 1 is 1.56 bits per heavy atom. The Labute approximate surface area is 54.2 Å². The fourth-order valence-corrected chi connectivity index (χ4v) is 0.802. The van der Waals surface area contributed by atoms with E-state index in [0.29, 0.717) is 19.6 Å². The third-order valence-corrected chi connectivity index (χ3v) is 1.39. The summed E-state index contributed by atoms with van der Waals surface area (Å²) < 4.78 is 10.1. The monoisotopic (exact) mass is 127 g/mol. The topological polar surface area (TPSA) is 42.2 Å². The van der Waals surface area contributed by atoms with Gasteiger partial charge in [0.25, 0.3) is 5.79 Å². The van der Waals surface area contributed by atoms with Crippen LogP contribution in [0.25, 0.3) is 0 Å². The summed E-state index contributed by atoms with van der Waals surface area (Å²) in [5.41, 5.74) is 0. The van der Waals surface area contributed by atoms with Gasteiger partial charge in [-0.2, -0.15) is 5.26 Å². The molecule has 0 aromatic rings. The van der Waals surface area contributed by atoms with Crippen molar-refractivity contribution < 1.29 is 9.47 Å². The Bertz CT molecular complexity index is 132. The molecule has 3 nitrogen and oxygen atoms in total. The summed E-state index contributed by atoms with van der Waals surface area (Å²) >= 11 is 0. The van der Waals surface area contributed by atoms with Crippen LogP contribution in [0.15, 0.2) is 0 Å². The van der Waals surface area contributed by atoms with Gasteiger partial charge in [-0.1, -0.05) is 6.92 Å². The summed E-state index contributed by atoms with van der Waals surface area (Å²) in [5.74, 6) is -0.917. The quantitative estimate of drug-likeness (QED) is 0.519. The average molecular weight is 127 g/mol. The van der Waals surface area contributed by atoms with Crippen LogP contribution in [0, 0.1) is 11.3 Å². The third kappa shape index (κ3) is 1.04. The highest BCUT2D eigenvalue weighted by molar-refractivity contribution is 4.94. The Morgan fingerprint density at radius 2 is 2.11 bits per heavy atom. The highest BCUT2D eigenvalue weighted by Gasteiger charge is 2.34. The molecule has 0 N–H and O–H groups in total. The molecule has 0 spiro atoms. The lowest BCUT2D eigenvalue weighted by Crippen LogP contribution is -2.26. The molecular weight excluding hydrogens is 118 g/mol. The molecule has 0 radical (unpaired) electrons. The minimum atomic E-state index is -0.917. The van der Waals surface area contributed by atoms with Gasteiger partial charge < -0.3 is 9.47 Å². The molecule has 0 saturated carbocycles. The van der Waals surface area contributed by atoms with Crippen LogP contribution in [0.2, 0.25) is 0 Å². The van der Waals surface area contributed by atoms with Gasteiger partial charge in [-0.15, -0.1) is 0 Å². The first kappa shape index (κ1) is 6.53. The Morgan fingerprint density at radius 3 is 2.33 bits per heavy atom. The predicted molar refractivity (Wildman–Crippen MR) is 30.5 cm³/mol. The number of nitriles is 1. The van der Waals surface area contributed by atoms with Crippen molar-refractivity contribution in [2.75, 3.05) is 13.2 Å². The molecule has 0 atom stereocenters. The first-order valence-corrected chi connectivity index (χ1v) is 3.02. The van der Waals surface area contributed by atoms with E-state index in [1.807, 2.05) is 13.0 Å². The number of rotatable bonds is 1. The molecule has 0 aromatic carbocycles. The molecular formula is C6H9NO2. The lowest BCUT2D eigenvalue weighted by molar-refractivity contribution is -0.110. The Balaban J connectivity index is 2.59. The molecule has 50 valence electrons. The average Bonchev–Trinajstić information content (AvgIpc) is 2.36. The molecule has 9 heavy (non-hydrogen) atoms. The SMILES string of the molecule is CCC1(C#N)OCCO1. The number of ether oxygens (including phenoxy) is 2. The first-order valence-electron chi connectivity index (χ1n) is 3.02. The second-order valence-corrected chi connectivity index (χ2v) is 1.92. The van der Waals surface area contributed by atoms with Crippen molar-refractivity contribution in [2.45, 2.75) is 19.1 Å². The summed E-state index contributed by atoms with van der Waals surface area (Å²) in [4.78, 5) is 0. The van der Waals surface area contributed by atoms with Gasteiger partial charge in [0.15, 0.2) is 0 Å². The minimum Gasteiger partial charge on any atom is -0.336 e. The Hall–Kier alpha value is -0.590. The van der Waals surface area contributed by atoms with E-state index in [1.165, 1.54) is 0 Å². The van der Waals surface area contributed by atoms with Gasteiger partial charge in [0.1, 0.15) is 6.07 Å². The van der Waals surface area contributed by atoms with Gasteiger partial charge in [-0.25, -0.2) is 0 Å². The van der Waals surface area contributed by atoms with Crippen LogP contribution < -0.4 is 0 Å². The maximum absolute atomic E-state index is 8.52. The van der Waals surface area contributed by atoms with Crippen LogP contribution in [0.3, 0.4) is 0 Å². The van der Waals surface area contributed by atoms with Crippen molar-refractivity contribution in [3.8, 4) is 6.07 Å². The third-order valence-electron chi connectivity index (χ3n) is 1.39. The van der Waals surface area contributed by atoms with E-state index in [1.54, 1.807) is 0 Å². The maximum Gasteiger partial charge on any atom is 0.259 e. The van der Waals surface area contributed by atoms with E-state index >= 15 is 0 Å². The van der Waals surface area contributed by atoms with Crippen molar-refractivity contribution in [3.05, 3.63) is 0 Å². The first-order chi connectivity index (χ1) is 4.33. The number of hydrogen-bond acceptors (Lipinski definition) is 3. The largest absolute Gasteiger partial charge is 0.336 e. The van der Waals surface area contributed by atoms with Crippen LogP contribution in [-0.4, -0.2) is 19.0 Å². The van der Waals surface area contributed by atoms with Crippen LogP contribution in [0.4, 0.5) is 0 Å². The number of nitrogens with zero attached hydrogens (tertiary/aromatic N) is 1. The zero-order valence-electron chi connectivity index (χ0n) is 5.39. The molecule has 0 aromatic heterocycles. The van der Waals surface area contributed by atoms with Gasteiger partial charge >= 0.3 is 0 Å². The highest BCUT2D eigenvalue weighted by Crippen LogP contribution is 2.21. The molecule has 0 bridgehead atoms. The van der Waals surface area contributed by atoms with Gasteiger partial charge in [-0.05, 0) is 0 Å². The fraction of sp³-hybridized carbons (Fsp3) is 0.833. The van der Waals surface area contributed by atoms with E-state index < -0.39 is 5.79 Å². The second-order valence-electron chi connectivity index (χ2n) is 1.92. The standard InChI is InChI=1S/C6H9NO2/c1-2-6(5-7)8-3-4-9-6/h2-4H2,1H3. The van der Waals surface area contributed by atoms with E-state index in [4.69, 9.17) is 14.7 Å². The van der Waals surface area contributed by atoms with Crippen molar-refractivity contribution in [1.82, 2.24) is 0 Å². The predicted octanol–water partition coefficient (Wildman–Crippen LogP) is 0.663. The Kier molecular flexibility index (Phi) is 1.70. The summed E-state index contributed by atoms with van der Waals surface area (Å²) in [6, 6.07) is 1.98.